The van der Waals surface area contributed by atoms with Gasteiger partial charge in [-0.15, -0.1) is 0 Å². The highest BCUT2D eigenvalue weighted by Gasteiger charge is 2.28. The smallest absolute Gasteiger partial charge is 0.322 e. The molecule has 0 aromatic heterocycles. The molecule has 15 heavy (non-hydrogen) atoms. The standard InChI is InChI=1S/C11H22N2O2/c1-3-15-11(14)8(2)13-10-6-4-5-9(10)7-12/h8-10,13H,3-7,12H2,1-2H3. The van der Waals surface area contributed by atoms with Gasteiger partial charge in [-0.25, -0.2) is 0 Å². The zero-order valence-corrected chi connectivity index (χ0v) is 9.66. The van der Waals surface area contributed by atoms with Gasteiger partial charge in [0.2, 0.25) is 0 Å². The molecular formula is C11H22N2O2. The monoisotopic (exact) mass is 214 g/mol. The van der Waals surface area contributed by atoms with Crippen LogP contribution in [0.4, 0.5) is 0 Å². The van der Waals surface area contributed by atoms with Gasteiger partial charge in [-0.05, 0) is 39.2 Å². The van der Waals surface area contributed by atoms with E-state index in [4.69, 9.17) is 10.5 Å². The van der Waals surface area contributed by atoms with E-state index in [-0.39, 0.29) is 12.0 Å². The lowest BCUT2D eigenvalue weighted by Crippen LogP contribution is -2.45. The number of hydrogen-bond donors (Lipinski definition) is 2. The minimum Gasteiger partial charge on any atom is -0.465 e. The van der Waals surface area contributed by atoms with Crippen molar-refractivity contribution in [2.24, 2.45) is 11.7 Å². The molecule has 0 saturated heterocycles. The third kappa shape index (κ3) is 3.47. The second-order valence-electron chi connectivity index (χ2n) is 4.17. The lowest BCUT2D eigenvalue weighted by molar-refractivity contribution is -0.145. The third-order valence-corrected chi connectivity index (χ3v) is 3.07. The Bertz CT molecular complexity index is 209. The van der Waals surface area contributed by atoms with Crippen molar-refractivity contribution in [1.82, 2.24) is 5.32 Å². The van der Waals surface area contributed by atoms with E-state index in [0.29, 0.717) is 25.1 Å². The predicted molar refractivity (Wildman–Crippen MR) is 59.4 cm³/mol. The Morgan fingerprint density at radius 3 is 2.93 bits per heavy atom. The molecule has 1 aliphatic carbocycles. The molecule has 4 heteroatoms. The average Bonchev–Trinajstić information content (AvgIpc) is 2.65. The zero-order chi connectivity index (χ0) is 11.3. The minimum atomic E-state index is -0.220. The molecule has 3 atom stereocenters. The molecule has 0 amide bonds. The molecule has 88 valence electrons. The number of rotatable bonds is 5. The first-order chi connectivity index (χ1) is 7.19. The molecule has 3 unspecified atom stereocenters. The quantitative estimate of drug-likeness (QED) is 0.660. The average molecular weight is 214 g/mol. The van der Waals surface area contributed by atoms with Crippen LogP contribution in [0.5, 0.6) is 0 Å². The number of nitrogens with two attached hydrogens (primary N) is 1. The van der Waals surface area contributed by atoms with Gasteiger partial charge in [0.05, 0.1) is 6.61 Å². The second-order valence-corrected chi connectivity index (χ2v) is 4.17. The molecule has 0 aromatic rings. The van der Waals surface area contributed by atoms with Gasteiger partial charge in [0.25, 0.3) is 0 Å². The van der Waals surface area contributed by atoms with E-state index < -0.39 is 0 Å². The maximum Gasteiger partial charge on any atom is 0.322 e. The van der Waals surface area contributed by atoms with Gasteiger partial charge >= 0.3 is 5.97 Å². The van der Waals surface area contributed by atoms with E-state index >= 15 is 0 Å². The van der Waals surface area contributed by atoms with Crippen LogP contribution in [0.25, 0.3) is 0 Å². The lowest BCUT2D eigenvalue weighted by Gasteiger charge is -2.23. The van der Waals surface area contributed by atoms with E-state index in [1.165, 1.54) is 12.8 Å². The Morgan fingerprint density at radius 2 is 2.33 bits per heavy atom. The molecule has 1 rings (SSSR count). The van der Waals surface area contributed by atoms with Crippen molar-refractivity contribution >= 4 is 5.97 Å². The van der Waals surface area contributed by atoms with E-state index in [1.54, 1.807) is 0 Å². The Hall–Kier alpha value is -0.610. The van der Waals surface area contributed by atoms with Gasteiger partial charge in [-0.3, -0.25) is 4.79 Å². The summed E-state index contributed by atoms with van der Waals surface area (Å²) in [6, 6.07) is 0.163. The highest BCUT2D eigenvalue weighted by Crippen LogP contribution is 2.24. The second kappa shape index (κ2) is 6.08. The summed E-state index contributed by atoms with van der Waals surface area (Å²) in [6.45, 7) is 4.82. The Balaban J connectivity index is 2.36. The van der Waals surface area contributed by atoms with Crippen LogP contribution in [0.1, 0.15) is 33.1 Å². The maximum absolute atomic E-state index is 11.4. The van der Waals surface area contributed by atoms with Gasteiger partial charge in [0.1, 0.15) is 6.04 Å². The molecule has 3 N–H and O–H groups in total. The van der Waals surface area contributed by atoms with E-state index in [0.717, 1.165) is 6.42 Å². The number of ether oxygens (including phenoxy) is 1. The van der Waals surface area contributed by atoms with Crippen LogP contribution < -0.4 is 11.1 Å². The summed E-state index contributed by atoms with van der Waals surface area (Å²) < 4.78 is 4.95. The molecule has 1 saturated carbocycles. The van der Waals surface area contributed by atoms with E-state index in [9.17, 15) is 4.79 Å². The number of carbonyl (C=O) groups is 1. The molecule has 0 radical (unpaired) electrons. The molecule has 0 heterocycles. The molecule has 1 aliphatic rings. The van der Waals surface area contributed by atoms with Crippen LogP contribution in [0.15, 0.2) is 0 Å². The largest absolute Gasteiger partial charge is 0.465 e. The Morgan fingerprint density at radius 1 is 1.60 bits per heavy atom. The van der Waals surface area contributed by atoms with Crippen molar-refractivity contribution in [3.8, 4) is 0 Å². The summed E-state index contributed by atoms with van der Waals surface area (Å²) in [5.74, 6) is 0.349. The van der Waals surface area contributed by atoms with E-state index in [1.807, 2.05) is 13.8 Å². The Labute approximate surface area is 91.5 Å². The summed E-state index contributed by atoms with van der Waals surface area (Å²) in [5, 5.41) is 3.31. The summed E-state index contributed by atoms with van der Waals surface area (Å²) >= 11 is 0. The lowest BCUT2D eigenvalue weighted by atomic mass is 10.0. The molecule has 0 bridgehead atoms. The van der Waals surface area contributed by atoms with Crippen molar-refractivity contribution in [3.63, 3.8) is 0 Å². The predicted octanol–water partition coefficient (Wildman–Crippen LogP) is 0.655. The maximum atomic E-state index is 11.4. The van der Waals surface area contributed by atoms with Gasteiger partial charge in [0, 0.05) is 6.04 Å². The van der Waals surface area contributed by atoms with Gasteiger partial charge < -0.3 is 15.8 Å². The first-order valence-corrected chi connectivity index (χ1v) is 5.81. The summed E-state index contributed by atoms with van der Waals surface area (Å²) in [7, 11) is 0. The normalized spacial score (nSPS) is 27.7. The van der Waals surface area contributed by atoms with Crippen molar-refractivity contribution in [2.45, 2.75) is 45.2 Å². The molecule has 0 aliphatic heterocycles. The van der Waals surface area contributed by atoms with Crippen molar-refractivity contribution in [2.75, 3.05) is 13.2 Å². The van der Waals surface area contributed by atoms with Crippen LogP contribution in [0.2, 0.25) is 0 Å². The molecule has 0 spiro atoms. The topological polar surface area (TPSA) is 64.3 Å². The first-order valence-electron chi connectivity index (χ1n) is 5.81. The third-order valence-electron chi connectivity index (χ3n) is 3.07. The van der Waals surface area contributed by atoms with Crippen molar-refractivity contribution in [1.29, 1.82) is 0 Å². The highest BCUT2D eigenvalue weighted by molar-refractivity contribution is 5.75. The summed E-state index contributed by atoms with van der Waals surface area (Å²) in [5.41, 5.74) is 5.68. The fourth-order valence-corrected chi connectivity index (χ4v) is 2.19. The highest BCUT2D eigenvalue weighted by atomic mass is 16.5. The molecule has 0 aromatic carbocycles. The molecule has 1 fully saturated rings. The Kier molecular flexibility index (Phi) is 5.05. The minimum absolute atomic E-state index is 0.167. The van der Waals surface area contributed by atoms with Crippen LogP contribution in [0, 0.1) is 5.92 Å². The van der Waals surface area contributed by atoms with Crippen LogP contribution in [0.3, 0.4) is 0 Å². The molecule has 4 nitrogen and oxygen atoms in total. The van der Waals surface area contributed by atoms with Crippen molar-refractivity contribution in [3.05, 3.63) is 0 Å². The zero-order valence-electron chi connectivity index (χ0n) is 9.66. The number of hydrogen-bond acceptors (Lipinski definition) is 4. The van der Waals surface area contributed by atoms with Gasteiger partial charge in [-0.2, -0.15) is 0 Å². The summed E-state index contributed by atoms with van der Waals surface area (Å²) in [4.78, 5) is 11.4. The fraction of sp³-hybridized carbons (Fsp3) is 0.909. The van der Waals surface area contributed by atoms with Crippen LogP contribution in [-0.4, -0.2) is 31.2 Å². The fourth-order valence-electron chi connectivity index (χ4n) is 2.19. The van der Waals surface area contributed by atoms with Gasteiger partial charge in [-0.1, -0.05) is 6.42 Å². The van der Waals surface area contributed by atoms with E-state index in [2.05, 4.69) is 5.32 Å². The first kappa shape index (κ1) is 12.5. The SMILES string of the molecule is CCOC(=O)C(C)NC1CCCC1CN. The van der Waals surface area contributed by atoms with Gasteiger partial charge in [0.15, 0.2) is 0 Å². The van der Waals surface area contributed by atoms with Crippen LogP contribution in [-0.2, 0) is 9.53 Å². The summed E-state index contributed by atoms with van der Waals surface area (Å²) in [6.07, 6.45) is 3.49. The number of esters is 1. The number of nitrogens with one attached hydrogen (secondary N) is 1. The van der Waals surface area contributed by atoms with Crippen molar-refractivity contribution < 1.29 is 9.53 Å². The number of carbonyl (C=O) groups excluding carboxylic acids is 1. The van der Waals surface area contributed by atoms with Crippen LogP contribution >= 0.6 is 0 Å². The molecular weight excluding hydrogens is 192 g/mol.